The Labute approximate surface area is 134 Å². The van der Waals surface area contributed by atoms with Gasteiger partial charge < -0.3 is 5.32 Å². The Hall–Kier alpha value is -0.760. The maximum absolute atomic E-state index is 11.9. The predicted octanol–water partition coefficient (Wildman–Crippen LogP) is 1.22. The van der Waals surface area contributed by atoms with Crippen LogP contribution in [-0.2, 0) is 11.3 Å². The van der Waals surface area contributed by atoms with E-state index in [2.05, 4.69) is 31.6 Å². The van der Waals surface area contributed by atoms with Crippen molar-refractivity contribution in [3.05, 3.63) is 10.0 Å². The quantitative estimate of drug-likeness (QED) is 0.849. The Morgan fingerprint density at radius 1 is 1.38 bits per heavy atom. The number of amides is 1. The highest BCUT2D eigenvalue weighted by molar-refractivity contribution is 7.10. The van der Waals surface area contributed by atoms with E-state index < -0.39 is 0 Å². The molecular weight excluding hydrogens is 310 g/mol. The summed E-state index contributed by atoms with van der Waals surface area (Å²) in [6, 6.07) is 0.248. The van der Waals surface area contributed by atoms with Crippen LogP contribution in [0.3, 0.4) is 0 Å². The summed E-state index contributed by atoms with van der Waals surface area (Å²) in [5.41, 5.74) is 0.852. The zero-order valence-corrected chi connectivity index (χ0v) is 14.1. The van der Waals surface area contributed by atoms with Crippen molar-refractivity contribution in [1.82, 2.24) is 24.7 Å². The van der Waals surface area contributed by atoms with Crippen molar-refractivity contribution in [1.29, 1.82) is 0 Å². The third-order valence-electron chi connectivity index (χ3n) is 3.73. The van der Waals surface area contributed by atoms with E-state index in [1.165, 1.54) is 11.5 Å². The van der Waals surface area contributed by atoms with E-state index in [-0.39, 0.29) is 11.9 Å². The number of carbonyl (C=O) groups is 1. The van der Waals surface area contributed by atoms with E-state index in [1.807, 2.05) is 6.92 Å². The first-order valence-electron chi connectivity index (χ1n) is 7.29. The fourth-order valence-electron chi connectivity index (χ4n) is 2.23. The summed E-state index contributed by atoms with van der Waals surface area (Å²) in [5, 5.41) is 7.04. The molecule has 2 heterocycles. The zero-order chi connectivity index (χ0) is 15.2. The van der Waals surface area contributed by atoms with Gasteiger partial charge in [-0.3, -0.25) is 14.6 Å². The summed E-state index contributed by atoms with van der Waals surface area (Å²) in [6.45, 7) is 8.95. The highest BCUT2D eigenvalue weighted by atomic mass is 35.5. The Bertz CT molecular complexity index is 461. The number of aromatic nitrogens is 2. The lowest BCUT2D eigenvalue weighted by atomic mass is 10.2. The van der Waals surface area contributed by atoms with Gasteiger partial charge in [0.05, 0.1) is 6.54 Å². The molecule has 1 amide bonds. The molecule has 8 heteroatoms. The van der Waals surface area contributed by atoms with Crippen molar-refractivity contribution in [2.45, 2.75) is 32.9 Å². The monoisotopic (exact) mass is 331 g/mol. The van der Waals surface area contributed by atoms with Crippen LogP contribution in [0.4, 0.5) is 0 Å². The highest BCUT2D eigenvalue weighted by Crippen LogP contribution is 2.19. The van der Waals surface area contributed by atoms with Gasteiger partial charge in [0.25, 0.3) is 0 Å². The Balaban J connectivity index is 1.71. The molecule has 6 nitrogen and oxygen atoms in total. The molecule has 0 saturated carbocycles. The van der Waals surface area contributed by atoms with Gasteiger partial charge in [0.1, 0.15) is 10.0 Å². The molecule has 0 aliphatic carbocycles. The van der Waals surface area contributed by atoms with E-state index in [9.17, 15) is 4.79 Å². The fourth-order valence-corrected chi connectivity index (χ4v) is 2.85. The Kier molecular flexibility index (Phi) is 6.35. The van der Waals surface area contributed by atoms with E-state index in [1.54, 1.807) is 0 Å². The van der Waals surface area contributed by atoms with Gasteiger partial charge in [-0.15, -0.1) is 5.10 Å². The molecule has 118 valence electrons. The van der Waals surface area contributed by atoms with Crippen molar-refractivity contribution in [2.75, 3.05) is 32.7 Å². The largest absolute Gasteiger partial charge is 0.353 e. The molecule has 1 atom stereocenters. The first-order chi connectivity index (χ1) is 10.1. The van der Waals surface area contributed by atoms with Gasteiger partial charge >= 0.3 is 0 Å². The minimum absolute atomic E-state index is 0.115. The second-order valence-electron chi connectivity index (χ2n) is 5.42. The van der Waals surface area contributed by atoms with Gasteiger partial charge in [0.15, 0.2) is 0 Å². The number of piperazine rings is 1. The van der Waals surface area contributed by atoms with Crippen LogP contribution in [-0.4, -0.2) is 64.1 Å². The minimum Gasteiger partial charge on any atom is -0.353 e. The van der Waals surface area contributed by atoms with E-state index >= 15 is 0 Å². The van der Waals surface area contributed by atoms with Crippen molar-refractivity contribution in [3.63, 3.8) is 0 Å². The number of nitrogens with zero attached hydrogens (tertiary/aromatic N) is 4. The maximum atomic E-state index is 11.9. The van der Waals surface area contributed by atoms with E-state index in [0.29, 0.717) is 10.9 Å². The number of rotatable bonds is 6. The van der Waals surface area contributed by atoms with Crippen LogP contribution in [0.25, 0.3) is 0 Å². The molecule has 1 saturated heterocycles. The predicted molar refractivity (Wildman–Crippen MR) is 84.5 cm³/mol. The Morgan fingerprint density at radius 3 is 2.62 bits per heavy atom. The van der Waals surface area contributed by atoms with Gasteiger partial charge in [-0.25, -0.2) is 0 Å². The van der Waals surface area contributed by atoms with Crippen molar-refractivity contribution < 1.29 is 4.79 Å². The van der Waals surface area contributed by atoms with Gasteiger partial charge in [0, 0.05) is 50.3 Å². The third kappa shape index (κ3) is 5.18. The van der Waals surface area contributed by atoms with E-state index in [0.717, 1.165) is 44.8 Å². The normalized spacial score (nSPS) is 18.6. The Morgan fingerprint density at radius 2 is 2.05 bits per heavy atom. The van der Waals surface area contributed by atoms with Gasteiger partial charge in [0.2, 0.25) is 5.91 Å². The minimum atomic E-state index is 0.115. The van der Waals surface area contributed by atoms with Gasteiger partial charge in [-0.2, -0.15) is 0 Å². The molecule has 21 heavy (non-hydrogen) atoms. The molecule has 1 aromatic rings. The molecule has 1 fully saturated rings. The average molecular weight is 332 g/mol. The maximum Gasteiger partial charge on any atom is 0.234 e. The molecule has 0 aromatic carbocycles. The van der Waals surface area contributed by atoms with Crippen molar-refractivity contribution in [3.8, 4) is 0 Å². The number of hydrogen-bond acceptors (Lipinski definition) is 6. The van der Waals surface area contributed by atoms with Crippen LogP contribution in [0.15, 0.2) is 0 Å². The van der Waals surface area contributed by atoms with Crippen LogP contribution >= 0.6 is 23.1 Å². The standard InChI is InChI=1S/C13H22ClN5OS/c1-3-10(2)15-12(20)9-19-6-4-18(5-7-19)8-11-13(14)21-17-16-11/h10H,3-9H2,1-2H3,(H,15,20)/t10-/m0/s1. The summed E-state index contributed by atoms with van der Waals surface area (Å²) in [4.78, 5) is 16.3. The number of nitrogens with one attached hydrogen (secondary N) is 1. The van der Waals surface area contributed by atoms with Crippen molar-refractivity contribution >= 4 is 29.0 Å². The van der Waals surface area contributed by atoms with E-state index in [4.69, 9.17) is 11.6 Å². The summed E-state index contributed by atoms with van der Waals surface area (Å²) in [6.07, 6.45) is 0.960. The van der Waals surface area contributed by atoms with Crippen molar-refractivity contribution in [2.24, 2.45) is 0 Å². The molecule has 1 N–H and O–H groups in total. The second-order valence-corrected chi connectivity index (χ2v) is 6.78. The van der Waals surface area contributed by atoms with Crippen LogP contribution in [0.1, 0.15) is 26.0 Å². The van der Waals surface area contributed by atoms with Crippen LogP contribution in [0.5, 0.6) is 0 Å². The molecule has 0 bridgehead atoms. The summed E-state index contributed by atoms with van der Waals surface area (Å²) in [5.74, 6) is 0.115. The molecule has 0 spiro atoms. The number of hydrogen-bond donors (Lipinski definition) is 1. The first kappa shape index (κ1) is 16.6. The lowest BCUT2D eigenvalue weighted by Gasteiger charge is -2.34. The molecule has 1 aliphatic rings. The summed E-state index contributed by atoms with van der Waals surface area (Å²) in [7, 11) is 0. The lowest BCUT2D eigenvalue weighted by Crippen LogP contribution is -2.49. The molecule has 0 unspecified atom stereocenters. The SMILES string of the molecule is CC[C@H](C)NC(=O)CN1CCN(Cc2nnsc2Cl)CC1. The number of carbonyl (C=O) groups excluding carboxylic acids is 1. The van der Waals surface area contributed by atoms with Gasteiger partial charge in [-0.1, -0.05) is 23.0 Å². The fraction of sp³-hybridized carbons (Fsp3) is 0.769. The van der Waals surface area contributed by atoms with Crippen LogP contribution in [0, 0.1) is 0 Å². The smallest absolute Gasteiger partial charge is 0.234 e. The summed E-state index contributed by atoms with van der Waals surface area (Å²) < 4.78 is 4.52. The van der Waals surface area contributed by atoms with Crippen LogP contribution < -0.4 is 5.32 Å². The molecule has 1 aliphatic heterocycles. The zero-order valence-electron chi connectivity index (χ0n) is 12.5. The second kappa shape index (κ2) is 8.03. The molecule has 1 aromatic heterocycles. The number of halogens is 1. The molecule has 0 radical (unpaired) electrons. The van der Waals surface area contributed by atoms with Gasteiger partial charge in [-0.05, 0) is 13.3 Å². The highest BCUT2D eigenvalue weighted by Gasteiger charge is 2.20. The average Bonchev–Trinajstić information content (AvgIpc) is 2.86. The topological polar surface area (TPSA) is 61.4 Å². The van der Waals surface area contributed by atoms with Crippen LogP contribution in [0.2, 0.25) is 4.34 Å². The molecular formula is C13H22ClN5OS. The first-order valence-corrected chi connectivity index (χ1v) is 8.44. The molecule has 2 rings (SSSR count). The third-order valence-corrected chi connectivity index (χ3v) is 4.72. The lowest BCUT2D eigenvalue weighted by molar-refractivity contribution is -0.123. The summed E-state index contributed by atoms with van der Waals surface area (Å²) >= 11 is 7.25.